The first-order chi connectivity index (χ1) is 10.6. The lowest BCUT2D eigenvalue weighted by Crippen LogP contribution is -2.25. The Morgan fingerprint density at radius 1 is 1.18 bits per heavy atom. The Bertz CT molecular complexity index is 682. The van der Waals surface area contributed by atoms with Gasteiger partial charge in [-0.25, -0.2) is 4.68 Å². The average molecular weight is 301 g/mol. The lowest BCUT2D eigenvalue weighted by atomic mass is 10.0. The third-order valence-corrected chi connectivity index (χ3v) is 5.06. The second-order valence-corrected chi connectivity index (χ2v) is 6.61. The van der Waals surface area contributed by atoms with Crippen molar-refractivity contribution < 1.29 is 0 Å². The third-order valence-electron chi connectivity index (χ3n) is 5.06. The largest absolute Gasteiger partial charge is 0.289 e. The van der Waals surface area contributed by atoms with Crippen LogP contribution in [0.3, 0.4) is 0 Å². The van der Waals surface area contributed by atoms with Gasteiger partial charge in [0.2, 0.25) is 0 Å². The van der Waals surface area contributed by atoms with Crippen LogP contribution < -0.4 is 0 Å². The Morgan fingerprint density at radius 3 is 2.68 bits per heavy atom. The Morgan fingerprint density at radius 2 is 2.00 bits per heavy atom. The summed E-state index contributed by atoms with van der Waals surface area (Å²) in [5.74, 6) is 1.01. The van der Waals surface area contributed by atoms with Crippen LogP contribution in [0.4, 0.5) is 0 Å². The fourth-order valence-electron chi connectivity index (χ4n) is 3.72. The van der Waals surface area contributed by atoms with Crippen LogP contribution in [0.5, 0.6) is 0 Å². The maximum atomic E-state index is 4.59. The summed E-state index contributed by atoms with van der Waals surface area (Å²) in [6.07, 6.45) is 4.84. The monoisotopic (exact) mass is 301 g/mol. The summed E-state index contributed by atoms with van der Waals surface area (Å²) >= 11 is 0. The maximum absolute atomic E-state index is 4.59. The molecule has 3 heterocycles. The van der Waals surface area contributed by atoms with Crippen molar-refractivity contribution in [1.82, 2.24) is 34.9 Å². The Labute approximate surface area is 130 Å². The predicted octanol–water partition coefficient (Wildman–Crippen LogP) is 1.70. The molecule has 1 saturated carbocycles. The standard InChI is InChI=1S/C15H23N7/c1-10-15(11(2)20(3)17-10)13-5-4-8-21(13)9-14-16-18-19-22(14)12-6-7-12/h12-13H,4-9H2,1-3H3. The van der Waals surface area contributed by atoms with Gasteiger partial charge in [0.15, 0.2) is 5.82 Å². The van der Waals surface area contributed by atoms with Crippen molar-refractivity contribution in [3.05, 3.63) is 22.8 Å². The van der Waals surface area contributed by atoms with E-state index in [2.05, 4.69) is 39.4 Å². The van der Waals surface area contributed by atoms with E-state index in [9.17, 15) is 0 Å². The molecule has 0 amide bonds. The van der Waals surface area contributed by atoms with Gasteiger partial charge < -0.3 is 0 Å². The number of likely N-dealkylation sites (tertiary alicyclic amines) is 1. The number of hydrogen-bond donors (Lipinski definition) is 0. The van der Waals surface area contributed by atoms with E-state index in [0.717, 1.165) is 24.6 Å². The molecular weight excluding hydrogens is 278 g/mol. The zero-order chi connectivity index (χ0) is 15.3. The number of nitrogens with zero attached hydrogens (tertiary/aromatic N) is 7. The van der Waals surface area contributed by atoms with Crippen LogP contribution in [0.2, 0.25) is 0 Å². The maximum Gasteiger partial charge on any atom is 0.165 e. The van der Waals surface area contributed by atoms with E-state index in [0.29, 0.717) is 12.1 Å². The SMILES string of the molecule is Cc1nn(C)c(C)c1C1CCCN1Cc1nnnn1C1CC1. The molecule has 22 heavy (non-hydrogen) atoms. The van der Waals surface area contributed by atoms with Crippen LogP contribution in [0.25, 0.3) is 0 Å². The highest BCUT2D eigenvalue weighted by atomic mass is 15.6. The highest BCUT2D eigenvalue weighted by molar-refractivity contribution is 5.29. The summed E-state index contributed by atoms with van der Waals surface area (Å²) in [7, 11) is 2.03. The minimum Gasteiger partial charge on any atom is -0.289 e. The number of aromatic nitrogens is 6. The molecule has 0 N–H and O–H groups in total. The van der Waals surface area contributed by atoms with E-state index in [1.807, 2.05) is 16.4 Å². The van der Waals surface area contributed by atoms with Crippen molar-refractivity contribution in [2.45, 2.75) is 58.2 Å². The molecule has 0 aromatic carbocycles. The van der Waals surface area contributed by atoms with Gasteiger partial charge in [-0.2, -0.15) is 5.10 Å². The summed E-state index contributed by atoms with van der Waals surface area (Å²) < 4.78 is 4.02. The van der Waals surface area contributed by atoms with Gasteiger partial charge in [-0.1, -0.05) is 0 Å². The summed E-state index contributed by atoms with van der Waals surface area (Å²) in [5, 5.41) is 16.9. The molecule has 1 aliphatic carbocycles. The molecule has 1 unspecified atom stereocenters. The molecule has 2 aromatic heterocycles. The number of hydrogen-bond acceptors (Lipinski definition) is 5. The summed E-state index contributed by atoms with van der Waals surface area (Å²) in [6, 6.07) is 0.978. The first-order valence-corrected chi connectivity index (χ1v) is 8.16. The van der Waals surface area contributed by atoms with Crippen molar-refractivity contribution in [3.63, 3.8) is 0 Å². The van der Waals surface area contributed by atoms with Crippen LogP contribution in [0.1, 0.15) is 60.5 Å². The van der Waals surface area contributed by atoms with E-state index < -0.39 is 0 Å². The molecule has 2 aromatic rings. The van der Waals surface area contributed by atoms with Crippen molar-refractivity contribution >= 4 is 0 Å². The van der Waals surface area contributed by atoms with Crippen molar-refractivity contribution in [3.8, 4) is 0 Å². The van der Waals surface area contributed by atoms with Crippen LogP contribution >= 0.6 is 0 Å². The minimum absolute atomic E-state index is 0.443. The van der Waals surface area contributed by atoms with E-state index >= 15 is 0 Å². The lowest BCUT2D eigenvalue weighted by Gasteiger charge is -2.24. The van der Waals surface area contributed by atoms with Crippen LogP contribution in [-0.2, 0) is 13.6 Å². The molecule has 4 rings (SSSR count). The zero-order valence-electron chi connectivity index (χ0n) is 13.5. The fourth-order valence-corrected chi connectivity index (χ4v) is 3.72. The predicted molar refractivity (Wildman–Crippen MR) is 81.2 cm³/mol. The van der Waals surface area contributed by atoms with E-state index in [-0.39, 0.29) is 0 Å². The summed E-state index contributed by atoms with van der Waals surface area (Å²) in [4.78, 5) is 2.52. The van der Waals surface area contributed by atoms with Gasteiger partial charge in [-0.3, -0.25) is 9.58 Å². The molecule has 0 bridgehead atoms. The first kappa shape index (κ1) is 13.9. The van der Waals surface area contributed by atoms with Crippen LogP contribution in [-0.4, -0.2) is 41.4 Å². The lowest BCUT2D eigenvalue weighted by molar-refractivity contribution is 0.236. The first-order valence-electron chi connectivity index (χ1n) is 8.16. The third kappa shape index (κ3) is 2.24. The van der Waals surface area contributed by atoms with Gasteiger partial charge >= 0.3 is 0 Å². The molecule has 2 aliphatic rings. The van der Waals surface area contributed by atoms with Crippen LogP contribution in [0, 0.1) is 13.8 Å². The minimum atomic E-state index is 0.443. The summed E-state index contributed by atoms with van der Waals surface area (Å²) in [5.41, 5.74) is 3.82. The van der Waals surface area contributed by atoms with E-state index in [4.69, 9.17) is 0 Å². The van der Waals surface area contributed by atoms with Gasteiger partial charge in [0.1, 0.15) is 0 Å². The normalized spacial score (nSPS) is 22.6. The van der Waals surface area contributed by atoms with Gasteiger partial charge in [0.05, 0.1) is 18.3 Å². The average Bonchev–Trinajstić information content (AvgIpc) is 2.96. The van der Waals surface area contributed by atoms with Gasteiger partial charge in [0, 0.05) is 24.3 Å². The number of tetrazole rings is 1. The molecule has 118 valence electrons. The smallest absolute Gasteiger partial charge is 0.165 e. The molecule has 1 aliphatic heterocycles. The van der Waals surface area contributed by atoms with Gasteiger partial charge in [-0.15, -0.1) is 5.10 Å². The molecule has 2 fully saturated rings. The van der Waals surface area contributed by atoms with Gasteiger partial charge in [-0.05, 0) is 56.5 Å². The molecule has 0 spiro atoms. The number of rotatable bonds is 4. The van der Waals surface area contributed by atoms with Gasteiger partial charge in [0.25, 0.3) is 0 Å². The highest BCUT2D eigenvalue weighted by Crippen LogP contribution is 2.38. The van der Waals surface area contributed by atoms with E-state index in [1.165, 1.54) is 36.9 Å². The van der Waals surface area contributed by atoms with Crippen molar-refractivity contribution in [1.29, 1.82) is 0 Å². The van der Waals surface area contributed by atoms with Crippen LogP contribution in [0.15, 0.2) is 0 Å². The quantitative estimate of drug-likeness (QED) is 0.860. The molecule has 1 saturated heterocycles. The highest BCUT2D eigenvalue weighted by Gasteiger charge is 2.33. The summed E-state index contributed by atoms with van der Waals surface area (Å²) in [6.45, 7) is 6.23. The Kier molecular flexibility index (Phi) is 3.25. The van der Waals surface area contributed by atoms with Crippen molar-refractivity contribution in [2.24, 2.45) is 7.05 Å². The van der Waals surface area contributed by atoms with Crippen molar-refractivity contribution in [2.75, 3.05) is 6.54 Å². The number of aryl methyl sites for hydroxylation is 2. The second-order valence-electron chi connectivity index (χ2n) is 6.61. The molecule has 7 nitrogen and oxygen atoms in total. The fraction of sp³-hybridized carbons (Fsp3) is 0.733. The Hall–Kier alpha value is -1.76. The second kappa shape index (κ2) is 5.15. The molecule has 1 atom stereocenters. The molecule has 7 heteroatoms. The topological polar surface area (TPSA) is 64.7 Å². The molecular formula is C15H23N7. The Balaban J connectivity index is 1.59. The zero-order valence-corrected chi connectivity index (χ0v) is 13.5. The van der Waals surface area contributed by atoms with E-state index in [1.54, 1.807) is 0 Å². The molecule has 0 radical (unpaired) electrons.